The molecule has 9 heteroatoms. The molecule has 4 rings (SSSR count). The standard InChI is InChI=1S/C34H45ClN2O5S/c1-5-7-15-34(40,16-17-38)30-13-9-26(30)20-37-21-27(29-12-11-28(35)18-24(29)8-6-2)22-42-32-14-10-25(19-31(32)37)33(39)36-43(41)23(3)4/h7,10-12,14-15,17-19,23,26-27,30,40H,5-6,8-9,13,16,20-22H2,1-4H3,(H,36,39)/b15-7+. The summed E-state index contributed by atoms with van der Waals surface area (Å²) < 4.78 is 21.4. The Hall–Kier alpha value is -2.68. The molecule has 2 N–H and O–H groups in total. The predicted octanol–water partition coefficient (Wildman–Crippen LogP) is 6.39. The molecule has 234 valence electrons. The van der Waals surface area contributed by atoms with E-state index in [4.69, 9.17) is 16.3 Å². The van der Waals surface area contributed by atoms with Crippen LogP contribution in [0, 0.1) is 11.8 Å². The summed E-state index contributed by atoms with van der Waals surface area (Å²) in [4.78, 5) is 26.9. The lowest BCUT2D eigenvalue weighted by molar-refractivity contribution is -0.115. The van der Waals surface area contributed by atoms with Crippen LogP contribution in [-0.4, -0.2) is 52.1 Å². The van der Waals surface area contributed by atoms with Crippen LogP contribution in [0.3, 0.4) is 0 Å². The Morgan fingerprint density at radius 2 is 2.02 bits per heavy atom. The van der Waals surface area contributed by atoms with E-state index in [2.05, 4.69) is 22.6 Å². The number of rotatable bonds is 13. The summed E-state index contributed by atoms with van der Waals surface area (Å²) in [5, 5.41) is 12.1. The van der Waals surface area contributed by atoms with Gasteiger partial charge >= 0.3 is 0 Å². The number of fused-ring (bicyclic) bond motifs is 1. The molecule has 2 aromatic rings. The third-order valence-corrected chi connectivity index (χ3v) is 10.2. The van der Waals surface area contributed by atoms with E-state index in [1.54, 1.807) is 19.9 Å². The van der Waals surface area contributed by atoms with Crippen molar-refractivity contribution in [1.82, 2.24) is 4.72 Å². The highest BCUT2D eigenvalue weighted by Gasteiger charge is 2.46. The maximum absolute atomic E-state index is 13.1. The first-order chi connectivity index (χ1) is 20.6. The lowest BCUT2D eigenvalue weighted by Crippen LogP contribution is -2.50. The van der Waals surface area contributed by atoms with Crippen molar-refractivity contribution in [2.75, 3.05) is 24.6 Å². The second kappa shape index (κ2) is 14.9. The Labute approximate surface area is 263 Å². The van der Waals surface area contributed by atoms with Crippen LogP contribution >= 0.6 is 11.6 Å². The number of ether oxygens (including phenoxy) is 1. The van der Waals surface area contributed by atoms with Crippen molar-refractivity contribution >= 4 is 40.5 Å². The highest BCUT2D eigenvalue weighted by Crippen LogP contribution is 2.46. The maximum atomic E-state index is 13.1. The second-order valence-corrected chi connectivity index (χ2v) is 14.3. The van der Waals surface area contributed by atoms with Crippen LogP contribution in [-0.2, 0) is 22.2 Å². The van der Waals surface area contributed by atoms with Gasteiger partial charge in [0.05, 0.1) is 17.9 Å². The van der Waals surface area contributed by atoms with Crippen LogP contribution < -0.4 is 14.4 Å². The van der Waals surface area contributed by atoms with Gasteiger partial charge < -0.3 is 19.5 Å². The lowest BCUT2D eigenvalue weighted by atomic mass is 9.63. The van der Waals surface area contributed by atoms with E-state index < -0.39 is 22.5 Å². The van der Waals surface area contributed by atoms with E-state index in [1.165, 1.54) is 11.1 Å². The first kappa shape index (κ1) is 33.2. The fourth-order valence-electron chi connectivity index (χ4n) is 6.25. The molecule has 1 amide bonds. The minimum Gasteiger partial charge on any atom is -0.491 e. The summed E-state index contributed by atoms with van der Waals surface area (Å²) in [6, 6.07) is 11.4. The number of aldehydes is 1. The molecule has 0 bridgehead atoms. The monoisotopic (exact) mass is 628 g/mol. The first-order valence-electron chi connectivity index (χ1n) is 15.5. The summed E-state index contributed by atoms with van der Waals surface area (Å²) in [5.41, 5.74) is 2.43. The molecule has 2 aliphatic rings. The summed E-state index contributed by atoms with van der Waals surface area (Å²) in [6.07, 6.45) is 9.07. The number of aryl methyl sites for hydroxylation is 1. The Kier molecular flexibility index (Phi) is 11.5. The number of hydrogen-bond acceptors (Lipinski definition) is 6. The predicted molar refractivity (Wildman–Crippen MR) is 174 cm³/mol. The Bertz CT molecular complexity index is 1350. The summed E-state index contributed by atoms with van der Waals surface area (Å²) in [5.74, 6) is 0.413. The van der Waals surface area contributed by atoms with Gasteiger partial charge in [-0.2, -0.15) is 0 Å². The van der Waals surface area contributed by atoms with E-state index in [0.717, 1.165) is 44.1 Å². The van der Waals surface area contributed by atoms with Crippen molar-refractivity contribution in [3.63, 3.8) is 0 Å². The van der Waals surface area contributed by atoms with Gasteiger partial charge in [0.15, 0.2) is 0 Å². The molecule has 0 spiro atoms. The number of hydrogen-bond donors (Lipinski definition) is 2. The van der Waals surface area contributed by atoms with Gasteiger partial charge in [0.2, 0.25) is 0 Å². The number of amides is 1. The number of nitrogens with zero attached hydrogens (tertiary/aromatic N) is 1. The molecule has 2 aromatic carbocycles. The maximum Gasteiger partial charge on any atom is 0.263 e. The number of carbonyl (C=O) groups excluding carboxylic acids is 2. The molecular weight excluding hydrogens is 584 g/mol. The third kappa shape index (κ3) is 7.89. The largest absolute Gasteiger partial charge is 0.491 e. The van der Waals surface area contributed by atoms with Crippen LogP contribution in [0.15, 0.2) is 48.6 Å². The van der Waals surface area contributed by atoms with Gasteiger partial charge in [0.1, 0.15) is 23.0 Å². The van der Waals surface area contributed by atoms with Gasteiger partial charge in [-0.15, -0.1) is 0 Å². The molecule has 1 aliphatic heterocycles. The van der Waals surface area contributed by atoms with Crippen LogP contribution in [0.1, 0.15) is 87.2 Å². The molecule has 7 nitrogen and oxygen atoms in total. The summed E-state index contributed by atoms with van der Waals surface area (Å²) in [6.45, 7) is 9.50. The van der Waals surface area contributed by atoms with Crippen molar-refractivity contribution in [3.8, 4) is 5.75 Å². The lowest BCUT2D eigenvalue weighted by Gasteiger charge is -2.47. The van der Waals surface area contributed by atoms with Crippen LogP contribution in [0.4, 0.5) is 5.69 Å². The minimum atomic E-state index is -1.49. The fraction of sp³-hybridized carbons (Fsp3) is 0.529. The molecule has 43 heavy (non-hydrogen) atoms. The van der Waals surface area contributed by atoms with Gasteiger partial charge in [0.25, 0.3) is 5.91 Å². The number of halogens is 1. The molecule has 1 fully saturated rings. The number of benzene rings is 2. The van der Waals surface area contributed by atoms with Crippen molar-refractivity contribution in [3.05, 3.63) is 70.3 Å². The number of carbonyl (C=O) groups is 2. The molecule has 0 radical (unpaired) electrons. The van der Waals surface area contributed by atoms with Crippen molar-refractivity contribution < 1.29 is 23.6 Å². The van der Waals surface area contributed by atoms with Gasteiger partial charge in [-0.3, -0.25) is 9.52 Å². The smallest absolute Gasteiger partial charge is 0.263 e. The zero-order chi connectivity index (χ0) is 31.1. The van der Waals surface area contributed by atoms with Crippen LogP contribution in [0.5, 0.6) is 5.75 Å². The number of anilines is 1. The van der Waals surface area contributed by atoms with Gasteiger partial charge in [-0.1, -0.05) is 50.1 Å². The molecule has 1 saturated carbocycles. The van der Waals surface area contributed by atoms with E-state index in [0.29, 0.717) is 36.0 Å². The second-order valence-electron chi connectivity index (χ2n) is 12.1. The Balaban J connectivity index is 1.70. The fourth-order valence-corrected chi connectivity index (χ4v) is 6.98. The molecule has 1 heterocycles. The van der Waals surface area contributed by atoms with Crippen molar-refractivity contribution in [2.24, 2.45) is 11.8 Å². The molecule has 5 unspecified atom stereocenters. The topological polar surface area (TPSA) is 95.9 Å². The van der Waals surface area contributed by atoms with E-state index in [9.17, 15) is 18.9 Å². The minimum absolute atomic E-state index is 0.0457. The SMILES string of the molecule is CC/C=C/C(O)(CC=O)C1CCC1CN1CC(c2ccc(Cl)cc2CCC)COc2ccc(C(=O)NS(=O)C(C)C)cc21. The number of aliphatic hydroxyl groups is 1. The molecule has 0 saturated heterocycles. The highest BCUT2D eigenvalue weighted by molar-refractivity contribution is 7.84. The third-order valence-electron chi connectivity index (χ3n) is 8.70. The molecule has 0 aromatic heterocycles. The molecule has 1 aliphatic carbocycles. The summed E-state index contributed by atoms with van der Waals surface area (Å²) in [7, 11) is -1.49. The van der Waals surface area contributed by atoms with E-state index in [-0.39, 0.29) is 29.4 Å². The first-order valence-corrected chi connectivity index (χ1v) is 17.0. The number of allylic oxidation sites excluding steroid dienone is 1. The quantitative estimate of drug-likeness (QED) is 0.197. The zero-order valence-electron chi connectivity index (χ0n) is 25.7. The van der Waals surface area contributed by atoms with Crippen molar-refractivity contribution in [1.29, 1.82) is 0 Å². The number of nitrogens with one attached hydrogen (secondary N) is 1. The van der Waals surface area contributed by atoms with Gasteiger partial charge in [0, 0.05) is 41.3 Å². The van der Waals surface area contributed by atoms with Crippen molar-refractivity contribution in [2.45, 2.75) is 83.0 Å². The summed E-state index contributed by atoms with van der Waals surface area (Å²) >= 11 is 6.39. The van der Waals surface area contributed by atoms with Crippen LogP contribution in [0.2, 0.25) is 5.02 Å². The Morgan fingerprint density at radius 1 is 1.23 bits per heavy atom. The Morgan fingerprint density at radius 3 is 2.67 bits per heavy atom. The van der Waals surface area contributed by atoms with Gasteiger partial charge in [-0.05, 0) is 92.8 Å². The van der Waals surface area contributed by atoms with E-state index in [1.807, 2.05) is 43.3 Å². The normalized spacial score (nSPS) is 22.2. The average Bonchev–Trinajstić information content (AvgIpc) is 3.13. The highest BCUT2D eigenvalue weighted by atomic mass is 35.5. The average molecular weight is 629 g/mol. The zero-order valence-corrected chi connectivity index (χ0v) is 27.3. The molecular formula is C34H45ClN2O5S. The molecule has 5 atom stereocenters. The van der Waals surface area contributed by atoms with Crippen LogP contribution in [0.25, 0.3) is 0 Å². The van der Waals surface area contributed by atoms with E-state index >= 15 is 0 Å². The van der Waals surface area contributed by atoms with Gasteiger partial charge in [-0.25, -0.2) is 4.21 Å².